The first-order chi connectivity index (χ1) is 17.9. The van der Waals surface area contributed by atoms with Crippen LogP contribution in [0.1, 0.15) is 74.7 Å². The van der Waals surface area contributed by atoms with Crippen molar-refractivity contribution in [2.45, 2.75) is 58.8 Å². The minimum Gasteiger partial charge on any atom is -0.490 e. The molecule has 2 N–H and O–H groups in total. The highest BCUT2D eigenvalue weighted by molar-refractivity contribution is 5.95. The van der Waals surface area contributed by atoms with Crippen molar-refractivity contribution < 1.29 is 28.6 Å². The first-order valence-electron chi connectivity index (χ1n) is 13.1. The van der Waals surface area contributed by atoms with Gasteiger partial charge in [0.05, 0.1) is 19.8 Å². The number of benzene rings is 2. The van der Waals surface area contributed by atoms with Crippen LogP contribution in [0.25, 0.3) is 0 Å². The third-order valence-electron chi connectivity index (χ3n) is 6.48. The van der Waals surface area contributed by atoms with Gasteiger partial charge in [-0.1, -0.05) is 12.1 Å². The van der Waals surface area contributed by atoms with Crippen LogP contribution in [0.4, 0.5) is 5.69 Å². The highest BCUT2D eigenvalue weighted by Gasteiger charge is 2.23. The van der Waals surface area contributed by atoms with Crippen LogP contribution in [-0.4, -0.2) is 44.1 Å². The third-order valence-corrected chi connectivity index (χ3v) is 6.48. The first kappa shape index (κ1) is 28.0. The molecule has 2 aromatic rings. The number of anilines is 1. The van der Waals surface area contributed by atoms with Crippen LogP contribution < -0.4 is 20.1 Å². The van der Waals surface area contributed by atoms with Gasteiger partial charge in [-0.25, -0.2) is 0 Å². The molecule has 0 saturated heterocycles. The van der Waals surface area contributed by atoms with Crippen LogP contribution >= 0.6 is 0 Å². The molecule has 3 rings (SSSR count). The van der Waals surface area contributed by atoms with E-state index < -0.39 is 0 Å². The zero-order valence-corrected chi connectivity index (χ0v) is 22.0. The second kappa shape index (κ2) is 14.3. The summed E-state index contributed by atoms with van der Waals surface area (Å²) in [4.78, 5) is 35.9. The number of hydrogen-bond acceptors (Lipinski definition) is 6. The second-order valence-electron chi connectivity index (χ2n) is 9.22. The van der Waals surface area contributed by atoms with E-state index >= 15 is 0 Å². The topological polar surface area (TPSA) is 103 Å². The van der Waals surface area contributed by atoms with Gasteiger partial charge < -0.3 is 24.8 Å². The molecule has 2 aromatic carbocycles. The summed E-state index contributed by atoms with van der Waals surface area (Å²) in [6.07, 6.45) is 4.39. The Hall–Kier alpha value is -3.55. The number of carbonyl (C=O) groups excluding carboxylic acids is 3. The van der Waals surface area contributed by atoms with Gasteiger partial charge in [0.1, 0.15) is 0 Å². The Morgan fingerprint density at radius 3 is 2.22 bits per heavy atom. The molecule has 1 aliphatic carbocycles. The highest BCUT2D eigenvalue weighted by Crippen LogP contribution is 2.36. The SMILES string of the molecule is CCOc1ccc(C(=O)NCCC(=O)Nc2ccc([C@H]3CC[C@H](COC(C)=O)CC3)cc2)cc1OCC. The van der Waals surface area contributed by atoms with Crippen LogP contribution in [0.3, 0.4) is 0 Å². The number of hydrogen-bond donors (Lipinski definition) is 2. The number of nitrogens with one attached hydrogen (secondary N) is 2. The molecular weight excluding hydrogens is 472 g/mol. The summed E-state index contributed by atoms with van der Waals surface area (Å²) in [6, 6.07) is 13.0. The smallest absolute Gasteiger partial charge is 0.302 e. The van der Waals surface area contributed by atoms with Gasteiger partial charge in [0.2, 0.25) is 5.91 Å². The lowest BCUT2D eigenvalue weighted by Gasteiger charge is -2.28. The number of rotatable bonds is 12. The van der Waals surface area contributed by atoms with Gasteiger partial charge in [-0.2, -0.15) is 0 Å². The molecule has 200 valence electrons. The quantitative estimate of drug-likeness (QED) is 0.386. The Labute approximate surface area is 219 Å². The molecule has 2 amide bonds. The fourth-order valence-electron chi connectivity index (χ4n) is 4.54. The van der Waals surface area contributed by atoms with Gasteiger partial charge in [-0.3, -0.25) is 14.4 Å². The maximum atomic E-state index is 12.5. The van der Waals surface area contributed by atoms with Crippen LogP contribution in [0.2, 0.25) is 0 Å². The average molecular weight is 511 g/mol. The zero-order chi connectivity index (χ0) is 26.6. The van der Waals surface area contributed by atoms with Crippen molar-refractivity contribution in [2.24, 2.45) is 5.92 Å². The van der Waals surface area contributed by atoms with Crippen molar-refractivity contribution in [2.75, 3.05) is 31.7 Å². The number of esters is 1. The largest absolute Gasteiger partial charge is 0.490 e. The van der Waals surface area contributed by atoms with Crippen LogP contribution in [0.5, 0.6) is 11.5 Å². The molecule has 1 saturated carbocycles. The van der Waals surface area contributed by atoms with Crippen molar-refractivity contribution in [1.29, 1.82) is 0 Å². The summed E-state index contributed by atoms with van der Waals surface area (Å²) in [6.45, 7) is 6.91. The van der Waals surface area contributed by atoms with Gasteiger partial charge >= 0.3 is 5.97 Å². The number of ether oxygens (including phenoxy) is 3. The normalized spacial score (nSPS) is 16.9. The summed E-state index contributed by atoms with van der Waals surface area (Å²) in [5.74, 6) is 1.39. The van der Waals surface area contributed by atoms with E-state index in [0.717, 1.165) is 31.4 Å². The van der Waals surface area contributed by atoms with E-state index in [-0.39, 0.29) is 30.7 Å². The van der Waals surface area contributed by atoms with E-state index in [0.29, 0.717) is 48.7 Å². The van der Waals surface area contributed by atoms with Crippen LogP contribution in [0, 0.1) is 5.92 Å². The monoisotopic (exact) mass is 510 g/mol. The predicted octanol–water partition coefficient (Wildman–Crippen LogP) is 5.08. The van der Waals surface area contributed by atoms with Crippen molar-refractivity contribution in [3.63, 3.8) is 0 Å². The lowest BCUT2D eigenvalue weighted by Crippen LogP contribution is -2.27. The average Bonchev–Trinajstić information content (AvgIpc) is 2.89. The molecule has 0 radical (unpaired) electrons. The second-order valence-corrected chi connectivity index (χ2v) is 9.22. The van der Waals surface area contributed by atoms with E-state index in [1.165, 1.54) is 12.5 Å². The standard InChI is InChI=1S/C29H38N2O6/c1-4-35-26-15-12-24(18-27(26)36-5-2)29(34)30-17-16-28(33)31-25-13-10-23(11-14-25)22-8-6-21(7-9-22)19-37-20(3)32/h10-15,18,21-22H,4-9,16-17,19H2,1-3H3,(H,30,34)(H,31,33)/t21-,22-. The fraction of sp³-hybridized carbons (Fsp3) is 0.483. The number of carbonyl (C=O) groups is 3. The predicted molar refractivity (Wildman–Crippen MR) is 142 cm³/mol. The van der Waals surface area contributed by atoms with E-state index in [9.17, 15) is 14.4 Å². The molecule has 1 fully saturated rings. The summed E-state index contributed by atoms with van der Waals surface area (Å²) >= 11 is 0. The molecular formula is C29H38N2O6. The summed E-state index contributed by atoms with van der Waals surface area (Å²) in [5.41, 5.74) is 2.44. The van der Waals surface area contributed by atoms with Crippen molar-refractivity contribution in [1.82, 2.24) is 5.32 Å². The van der Waals surface area contributed by atoms with Crippen molar-refractivity contribution in [3.8, 4) is 11.5 Å². The van der Waals surface area contributed by atoms with Crippen molar-refractivity contribution >= 4 is 23.5 Å². The Morgan fingerprint density at radius 1 is 0.892 bits per heavy atom. The Kier molecular flexibility index (Phi) is 10.8. The molecule has 0 bridgehead atoms. The van der Waals surface area contributed by atoms with Gasteiger partial charge in [-0.15, -0.1) is 0 Å². The molecule has 0 aromatic heterocycles. The molecule has 37 heavy (non-hydrogen) atoms. The van der Waals surface area contributed by atoms with E-state index in [2.05, 4.69) is 22.8 Å². The molecule has 0 atom stereocenters. The fourth-order valence-corrected chi connectivity index (χ4v) is 4.54. The summed E-state index contributed by atoms with van der Waals surface area (Å²) in [5, 5.41) is 5.68. The maximum absolute atomic E-state index is 12.5. The molecule has 8 nitrogen and oxygen atoms in total. The molecule has 8 heteroatoms. The van der Waals surface area contributed by atoms with Crippen LogP contribution in [0.15, 0.2) is 42.5 Å². The summed E-state index contributed by atoms with van der Waals surface area (Å²) in [7, 11) is 0. The minimum absolute atomic E-state index is 0.162. The lowest BCUT2D eigenvalue weighted by atomic mass is 9.79. The van der Waals surface area contributed by atoms with E-state index in [1.807, 2.05) is 26.0 Å². The Bertz CT molecular complexity index is 1040. The number of amides is 2. The molecule has 0 heterocycles. The minimum atomic E-state index is -0.274. The summed E-state index contributed by atoms with van der Waals surface area (Å²) < 4.78 is 16.3. The van der Waals surface area contributed by atoms with Gasteiger partial charge in [0.25, 0.3) is 5.91 Å². The highest BCUT2D eigenvalue weighted by atomic mass is 16.5. The van der Waals surface area contributed by atoms with E-state index in [1.54, 1.807) is 18.2 Å². The van der Waals surface area contributed by atoms with Crippen molar-refractivity contribution in [3.05, 3.63) is 53.6 Å². The lowest BCUT2D eigenvalue weighted by molar-refractivity contribution is -0.142. The van der Waals surface area contributed by atoms with Gasteiger partial charge in [-0.05, 0) is 87.3 Å². The Morgan fingerprint density at radius 2 is 1.57 bits per heavy atom. The Balaban J connectivity index is 1.41. The first-order valence-corrected chi connectivity index (χ1v) is 13.1. The zero-order valence-electron chi connectivity index (χ0n) is 22.0. The molecule has 0 aliphatic heterocycles. The van der Waals surface area contributed by atoms with Gasteiger partial charge in [0.15, 0.2) is 11.5 Å². The molecule has 1 aliphatic rings. The maximum Gasteiger partial charge on any atom is 0.302 e. The van der Waals surface area contributed by atoms with E-state index in [4.69, 9.17) is 14.2 Å². The molecule has 0 unspecified atom stereocenters. The molecule has 0 spiro atoms. The third kappa shape index (κ3) is 8.81. The van der Waals surface area contributed by atoms with Gasteiger partial charge in [0, 0.05) is 31.1 Å². The van der Waals surface area contributed by atoms with Crippen LogP contribution in [-0.2, 0) is 14.3 Å².